The molecule has 6 nitrogen and oxygen atoms in total. The zero-order valence-corrected chi connectivity index (χ0v) is 8.93. The predicted molar refractivity (Wildman–Crippen MR) is 52.4 cm³/mol. The van der Waals surface area contributed by atoms with E-state index in [0.29, 0.717) is 25.3 Å². The van der Waals surface area contributed by atoms with Crippen LogP contribution in [-0.4, -0.2) is 39.1 Å². The van der Waals surface area contributed by atoms with Gasteiger partial charge in [-0.15, -0.1) is 5.10 Å². The van der Waals surface area contributed by atoms with Crippen LogP contribution in [0.3, 0.4) is 0 Å². The van der Waals surface area contributed by atoms with Crippen LogP contribution in [0, 0.1) is 0 Å². The SMILES string of the molecule is CCOC(=O)c1nc(CCCO)n(C)n1. The van der Waals surface area contributed by atoms with Gasteiger partial charge in [0.1, 0.15) is 5.82 Å². The fourth-order valence-electron chi connectivity index (χ4n) is 1.15. The molecule has 1 N–H and O–H groups in total. The zero-order chi connectivity index (χ0) is 11.3. The summed E-state index contributed by atoms with van der Waals surface area (Å²) < 4.78 is 6.30. The van der Waals surface area contributed by atoms with Crippen LogP contribution in [-0.2, 0) is 18.2 Å². The summed E-state index contributed by atoms with van der Waals surface area (Å²) in [6.07, 6.45) is 1.20. The summed E-state index contributed by atoms with van der Waals surface area (Å²) >= 11 is 0. The molecule has 0 aliphatic heterocycles. The van der Waals surface area contributed by atoms with Gasteiger partial charge in [0, 0.05) is 20.1 Å². The molecule has 0 aliphatic rings. The molecule has 0 amide bonds. The van der Waals surface area contributed by atoms with Gasteiger partial charge in [-0.1, -0.05) is 0 Å². The van der Waals surface area contributed by atoms with Crippen LogP contribution in [0.4, 0.5) is 0 Å². The Bertz CT molecular complexity index is 335. The molecule has 84 valence electrons. The molecule has 0 unspecified atom stereocenters. The number of hydrogen-bond acceptors (Lipinski definition) is 5. The van der Waals surface area contributed by atoms with E-state index in [2.05, 4.69) is 10.1 Å². The molecule has 0 spiro atoms. The summed E-state index contributed by atoms with van der Waals surface area (Å²) in [5.74, 6) is 0.239. The van der Waals surface area contributed by atoms with Crippen molar-refractivity contribution in [2.24, 2.45) is 7.05 Å². The highest BCUT2D eigenvalue weighted by Crippen LogP contribution is 2.01. The number of carbonyl (C=O) groups is 1. The third-order valence-electron chi connectivity index (χ3n) is 1.87. The van der Waals surface area contributed by atoms with Gasteiger partial charge in [-0.25, -0.2) is 9.78 Å². The third-order valence-corrected chi connectivity index (χ3v) is 1.87. The lowest BCUT2D eigenvalue weighted by molar-refractivity contribution is 0.0512. The molecule has 0 aromatic carbocycles. The number of aromatic nitrogens is 3. The molecule has 1 aromatic rings. The molecule has 0 fully saturated rings. The molecule has 0 radical (unpaired) electrons. The van der Waals surface area contributed by atoms with E-state index in [9.17, 15) is 4.79 Å². The van der Waals surface area contributed by atoms with Crippen LogP contribution in [0.15, 0.2) is 0 Å². The average molecular weight is 213 g/mol. The second kappa shape index (κ2) is 5.45. The topological polar surface area (TPSA) is 77.2 Å². The average Bonchev–Trinajstić information content (AvgIpc) is 2.57. The number of rotatable bonds is 5. The maximum atomic E-state index is 11.3. The van der Waals surface area contributed by atoms with Crippen molar-refractivity contribution in [1.82, 2.24) is 14.8 Å². The maximum absolute atomic E-state index is 11.3. The predicted octanol–water partition coefficient (Wildman–Crippen LogP) is -0.0833. The number of carbonyl (C=O) groups excluding carboxylic acids is 1. The van der Waals surface area contributed by atoms with Gasteiger partial charge < -0.3 is 9.84 Å². The summed E-state index contributed by atoms with van der Waals surface area (Å²) in [6.45, 7) is 2.14. The van der Waals surface area contributed by atoms with Crippen LogP contribution in [0.25, 0.3) is 0 Å². The monoisotopic (exact) mass is 213 g/mol. The molecule has 0 atom stereocenters. The smallest absolute Gasteiger partial charge is 0.378 e. The van der Waals surface area contributed by atoms with E-state index in [1.165, 1.54) is 4.68 Å². The van der Waals surface area contributed by atoms with Crippen molar-refractivity contribution in [2.75, 3.05) is 13.2 Å². The largest absolute Gasteiger partial charge is 0.460 e. The lowest BCUT2D eigenvalue weighted by Gasteiger charge is -1.95. The molecule has 6 heteroatoms. The number of esters is 1. The molecule has 1 rings (SSSR count). The second-order valence-corrected chi connectivity index (χ2v) is 3.02. The van der Waals surface area contributed by atoms with E-state index in [1.807, 2.05) is 0 Å². The van der Waals surface area contributed by atoms with Gasteiger partial charge in [0.25, 0.3) is 5.82 Å². The van der Waals surface area contributed by atoms with Crippen molar-refractivity contribution in [2.45, 2.75) is 19.8 Å². The first-order valence-electron chi connectivity index (χ1n) is 4.87. The van der Waals surface area contributed by atoms with Gasteiger partial charge in [-0.2, -0.15) is 0 Å². The maximum Gasteiger partial charge on any atom is 0.378 e. The van der Waals surface area contributed by atoms with E-state index in [4.69, 9.17) is 9.84 Å². The van der Waals surface area contributed by atoms with Gasteiger partial charge in [-0.3, -0.25) is 4.68 Å². The minimum Gasteiger partial charge on any atom is -0.460 e. The van der Waals surface area contributed by atoms with Crippen molar-refractivity contribution in [1.29, 1.82) is 0 Å². The van der Waals surface area contributed by atoms with Crippen LogP contribution < -0.4 is 0 Å². The Balaban J connectivity index is 2.71. The number of nitrogens with zero attached hydrogens (tertiary/aromatic N) is 3. The molecule has 1 aromatic heterocycles. The van der Waals surface area contributed by atoms with Gasteiger partial charge in [0.15, 0.2) is 0 Å². The lowest BCUT2D eigenvalue weighted by atomic mass is 10.3. The number of hydrogen-bond donors (Lipinski definition) is 1. The van der Waals surface area contributed by atoms with Gasteiger partial charge in [0.05, 0.1) is 6.61 Å². The normalized spacial score (nSPS) is 10.3. The highest BCUT2D eigenvalue weighted by molar-refractivity contribution is 5.84. The quantitative estimate of drug-likeness (QED) is 0.692. The summed E-state index contributed by atoms with van der Waals surface area (Å²) in [7, 11) is 1.71. The molecule has 0 aliphatic carbocycles. The number of ether oxygens (including phenoxy) is 1. The molecule has 15 heavy (non-hydrogen) atoms. The summed E-state index contributed by atoms with van der Waals surface area (Å²) in [5, 5.41) is 12.6. The van der Waals surface area contributed by atoms with Gasteiger partial charge >= 0.3 is 5.97 Å². The molecule has 0 bridgehead atoms. The Morgan fingerprint density at radius 2 is 2.33 bits per heavy atom. The Morgan fingerprint density at radius 3 is 2.93 bits per heavy atom. The highest BCUT2D eigenvalue weighted by atomic mass is 16.5. The Morgan fingerprint density at radius 1 is 1.60 bits per heavy atom. The number of aryl methyl sites for hydroxylation is 2. The molecular weight excluding hydrogens is 198 g/mol. The van der Waals surface area contributed by atoms with Gasteiger partial charge in [-0.05, 0) is 13.3 Å². The van der Waals surface area contributed by atoms with Crippen molar-refractivity contribution in [3.05, 3.63) is 11.6 Å². The van der Waals surface area contributed by atoms with Crippen molar-refractivity contribution in [3.8, 4) is 0 Å². The van der Waals surface area contributed by atoms with E-state index < -0.39 is 5.97 Å². The van der Waals surface area contributed by atoms with E-state index >= 15 is 0 Å². The fraction of sp³-hybridized carbons (Fsp3) is 0.667. The van der Waals surface area contributed by atoms with E-state index in [0.717, 1.165) is 0 Å². The van der Waals surface area contributed by atoms with Gasteiger partial charge in [0.2, 0.25) is 0 Å². The molecule has 1 heterocycles. The van der Waals surface area contributed by atoms with Crippen molar-refractivity contribution >= 4 is 5.97 Å². The van der Waals surface area contributed by atoms with Crippen LogP contribution >= 0.6 is 0 Å². The molecule has 0 saturated carbocycles. The fourth-order valence-corrected chi connectivity index (χ4v) is 1.15. The first-order valence-corrected chi connectivity index (χ1v) is 4.87. The highest BCUT2D eigenvalue weighted by Gasteiger charge is 2.15. The summed E-state index contributed by atoms with van der Waals surface area (Å²) in [4.78, 5) is 15.3. The zero-order valence-electron chi connectivity index (χ0n) is 8.93. The van der Waals surface area contributed by atoms with E-state index in [1.54, 1.807) is 14.0 Å². The summed E-state index contributed by atoms with van der Waals surface area (Å²) in [6, 6.07) is 0. The van der Waals surface area contributed by atoms with Crippen LogP contribution in [0.5, 0.6) is 0 Å². The number of aliphatic hydroxyl groups excluding tert-OH is 1. The van der Waals surface area contributed by atoms with Crippen molar-refractivity contribution < 1.29 is 14.6 Å². The third kappa shape index (κ3) is 3.02. The minimum atomic E-state index is -0.511. The van der Waals surface area contributed by atoms with Crippen molar-refractivity contribution in [3.63, 3.8) is 0 Å². The molecular formula is C9H15N3O3. The second-order valence-electron chi connectivity index (χ2n) is 3.02. The summed E-state index contributed by atoms with van der Waals surface area (Å²) in [5.41, 5.74) is 0. The van der Waals surface area contributed by atoms with Crippen LogP contribution in [0.2, 0.25) is 0 Å². The number of aliphatic hydroxyl groups is 1. The first kappa shape index (κ1) is 11.6. The van der Waals surface area contributed by atoms with Crippen LogP contribution in [0.1, 0.15) is 29.8 Å². The Labute approximate surface area is 87.9 Å². The standard InChI is InChI=1S/C9H15N3O3/c1-3-15-9(14)8-10-7(5-4-6-13)12(2)11-8/h13H,3-6H2,1-2H3. The first-order chi connectivity index (χ1) is 7.19. The molecule has 0 saturated heterocycles. The minimum absolute atomic E-state index is 0.0762. The Kier molecular flexibility index (Phi) is 4.23. The lowest BCUT2D eigenvalue weighted by Crippen LogP contribution is -2.07. The Hall–Kier alpha value is -1.43. The van der Waals surface area contributed by atoms with E-state index in [-0.39, 0.29) is 12.4 Å².